The van der Waals surface area contributed by atoms with E-state index < -0.39 is 0 Å². The Bertz CT molecular complexity index is 1900. The van der Waals surface area contributed by atoms with Gasteiger partial charge in [0.25, 0.3) is 0 Å². The van der Waals surface area contributed by atoms with E-state index in [9.17, 15) is 0 Å². The summed E-state index contributed by atoms with van der Waals surface area (Å²) in [4.78, 5) is 0. The van der Waals surface area contributed by atoms with Crippen molar-refractivity contribution in [2.45, 2.75) is 0 Å². The van der Waals surface area contributed by atoms with Crippen molar-refractivity contribution >= 4 is 64.6 Å². The third kappa shape index (κ3) is 3.47. The van der Waals surface area contributed by atoms with Crippen LogP contribution >= 0.6 is 0 Å². The molecule has 0 heterocycles. The van der Waals surface area contributed by atoms with Crippen LogP contribution < -0.4 is 0 Å². The van der Waals surface area contributed by atoms with Gasteiger partial charge in [-0.05, 0) is 76.8 Å². The number of benzene rings is 8. The largest absolute Gasteiger partial charge is 0.0616 e. The Morgan fingerprint density at radius 2 is 0.556 bits per heavy atom. The predicted octanol–water partition coefficient (Wildman–Crippen LogP) is 10.3. The molecule has 0 saturated heterocycles. The monoisotopic (exact) mass is 456 g/mol. The van der Waals surface area contributed by atoms with E-state index in [-0.39, 0.29) is 0 Å². The maximum Gasteiger partial charge on any atom is -0.00990 e. The van der Waals surface area contributed by atoms with Crippen LogP contribution in [-0.4, -0.2) is 0 Å². The van der Waals surface area contributed by atoms with E-state index in [0.29, 0.717) is 0 Å². The number of fused-ring (bicyclic) bond motifs is 9. The molecule has 0 spiro atoms. The molecule has 0 aromatic heterocycles. The minimum Gasteiger partial charge on any atom is -0.0616 e. The average molecular weight is 457 g/mol. The third-order valence-corrected chi connectivity index (χ3v) is 7.26. The molecule has 168 valence electrons. The summed E-state index contributed by atoms with van der Waals surface area (Å²) < 4.78 is 0. The van der Waals surface area contributed by atoms with E-state index in [1.807, 2.05) is 0 Å². The van der Waals surface area contributed by atoms with Crippen molar-refractivity contribution in [2.24, 2.45) is 0 Å². The van der Waals surface area contributed by atoms with Gasteiger partial charge in [0.05, 0.1) is 0 Å². The van der Waals surface area contributed by atoms with Crippen molar-refractivity contribution in [3.05, 3.63) is 146 Å². The lowest BCUT2D eigenvalue weighted by Gasteiger charge is -2.07. The van der Waals surface area contributed by atoms with Gasteiger partial charge in [0, 0.05) is 0 Å². The van der Waals surface area contributed by atoms with Crippen LogP contribution in [0.5, 0.6) is 0 Å². The number of hydrogen-bond donors (Lipinski definition) is 0. The highest BCUT2D eigenvalue weighted by Gasteiger charge is 2.04. The normalized spacial score (nSPS) is 11.3. The summed E-state index contributed by atoms with van der Waals surface area (Å²) in [6, 6.07) is 52.1. The van der Waals surface area contributed by atoms with E-state index in [1.54, 1.807) is 0 Å². The Morgan fingerprint density at radius 3 is 1.08 bits per heavy atom. The first-order valence-corrected chi connectivity index (χ1v) is 12.4. The summed E-state index contributed by atoms with van der Waals surface area (Å²) in [6.45, 7) is 0. The zero-order valence-electron chi connectivity index (χ0n) is 19.9. The summed E-state index contributed by atoms with van der Waals surface area (Å²) in [5.41, 5.74) is 0. The minimum absolute atomic E-state index is 1.31. The topological polar surface area (TPSA) is 0 Å². The van der Waals surface area contributed by atoms with Crippen LogP contribution in [0.1, 0.15) is 0 Å². The average Bonchev–Trinajstić information content (AvgIpc) is 2.96. The van der Waals surface area contributed by atoms with Crippen molar-refractivity contribution in [3.63, 3.8) is 0 Å². The first-order valence-electron chi connectivity index (χ1n) is 12.4. The fraction of sp³-hybridized carbons (Fsp3) is 0. The highest BCUT2D eigenvalue weighted by atomic mass is 14.1. The molecule has 0 aliphatic heterocycles. The van der Waals surface area contributed by atoms with Gasteiger partial charge in [0.1, 0.15) is 0 Å². The van der Waals surface area contributed by atoms with E-state index in [1.165, 1.54) is 64.6 Å². The molecule has 0 heteroatoms. The van der Waals surface area contributed by atoms with Gasteiger partial charge in [-0.25, -0.2) is 0 Å². The Balaban J connectivity index is 0.000000122. The molecular formula is C36H24. The molecule has 8 rings (SSSR count). The molecule has 8 aromatic carbocycles. The highest BCUT2D eigenvalue weighted by Crippen LogP contribution is 2.31. The molecule has 0 unspecified atom stereocenters. The van der Waals surface area contributed by atoms with E-state index in [2.05, 4.69) is 146 Å². The second-order valence-corrected chi connectivity index (χ2v) is 9.38. The molecule has 8 aromatic rings. The summed E-state index contributed by atoms with van der Waals surface area (Å²) in [6.07, 6.45) is 0. The van der Waals surface area contributed by atoms with E-state index >= 15 is 0 Å². The number of rotatable bonds is 0. The number of hydrogen-bond acceptors (Lipinski definition) is 0. The molecule has 0 saturated carbocycles. The Kier molecular flexibility index (Phi) is 4.89. The van der Waals surface area contributed by atoms with Crippen LogP contribution in [0.4, 0.5) is 0 Å². The second kappa shape index (κ2) is 8.52. The molecule has 0 nitrogen and oxygen atoms in total. The molecule has 36 heavy (non-hydrogen) atoms. The fourth-order valence-electron chi connectivity index (χ4n) is 5.47. The van der Waals surface area contributed by atoms with Gasteiger partial charge in [-0.15, -0.1) is 0 Å². The maximum atomic E-state index is 2.30. The molecule has 0 bridgehead atoms. The Hall–Kier alpha value is -4.68. The van der Waals surface area contributed by atoms with Gasteiger partial charge in [-0.2, -0.15) is 0 Å². The van der Waals surface area contributed by atoms with Gasteiger partial charge >= 0.3 is 0 Å². The molecule has 0 fully saturated rings. The fourth-order valence-corrected chi connectivity index (χ4v) is 5.47. The first-order chi connectivity index (χ1) is 17.8. The van der Waals surface area contributed by atoms with Gasteiger partial charge in [0.15, 0.2) is 0 Å². The third-order valence-electron chi connectivity index (χ3n) is 7.26. The molecule has 0 aliphatic rings. The summed E-state index contributed by atoms with van der Waals surface area (Å²) in [5.74, 6) is 0. The van der Waals surface area contributed by atoms with Crippen LogP contribution in [0.3, 0.4) is 0 Å². The Morgan fingerprint density at radius 1 is 0.194 bits per heavy atom. The quantitative estimate of drug-likeness (QED) is 0.157. The lowest BCUT2D eigenvalue weighted by molar-refractivity contribution is 1.77. The minimum atomic E-state index is 1.31. The predicted molar refractivity (Wildman–Crippen MR) is 158 cm³/mol. The first kappa shape index (κ1) is 20.7. The lowest BCUT2D eigenvalue weighted by atomic mass is 9.97. The summed E-state index contributed by atoms with van der Waals surface area (Å²) in [5, 5.41) is 15.9. The molecule has 0 radical (unpaired) electrons. The van der Waals surface area contributed by atoms with Crippen molar-refractivity contribution in [1.29, 1.82) is 0 Å². The van der Waals surface area contributed by atoms with Crippen molar-refractivity contribution in [3.8, 4) is 0 Å². The molecule has 0 atom stereocenters. The van der Waals surface area contributed by atoms with Crippen LogP contribution in [0, 0.1) is 0 Å². The molecular weight excluding hydrogens is 432 g/mol. The molecule has 0 aliphatic carbocycles. The van der Waals surface area contributed by atoms with Crippen molar-refractivity contribution < 1.29 is 0 Å². The van der Waals surface area contributed by atoms with Gasteiger partial charge < -0.3 is 0 Å². The van der Waals surface area contributed by atoms with Gasteiger partial charge in [-0.3, -0.25) is 0 Å². The van der Waals surface area contributed by atoms with E-state index in [0.717, 1.165) is 0 Å². The summed E-state index contributed by atoms with van der Waals surface area (Å²) in [7, 11) is 0. The highest BCUT2D eigenvalue weighted by molar-refractivity contribution is 6.17. The zero-order valence-corrected chi connectivity index (χ0v) is 19.9. The van der Waals surface area contributed by atoms with Gasteiger partial charge in [-0.1, -0.05) is 133 Å². The smallest absolute Gasteiger partial charge is 0.00990 e. The Labute approximate surface area is 210 Å². The standard InChI is InChI=1S/2C18H12/c1-3-7-15-13(5-1)9-11-18-16-8-4-2-6-14(16)10-12-17(15)18;1-2-7-15-12-18-16(11-14(15)6-1)10-9-13-5-3-4-8-17(13)18/h2*1-12H. The molecule has 0 N–H and O–H groups in total. The van der Waals surface area contributed by atoms with Gasteiger partial charge in [0.2, 0.25) is 0 Å². The SMILES string of the molecule is c1ccc2c(c1)ccc1c3ccccc3ccc21.c1ccc2cc3c(ccc4ccccc43)cc2c1. The van der Waals surface area contributed by atoms with Crippen LogP contribution in [0.2, 0.25) is 0 Å². The lowest BCUT2D eigenvalue weighted by Crippen LogP contribution is -1.79. The second-order valence-electron chi connectivity index (χ2n) is 9.38. The van der Waals surface area contributed by atoms with Crippen molar-refractivity contribution in [1.82, 2.24) is 0 Å². The van der Waals surface area contributed by atoms with Crippen LogP contribution in [0.15, 0.2) is 146 Å². The van der Waals surface area contributed by atoms with Crippen molar-refractivity contribution in [2.75, 3.05) is 0 Å². The summed E-state index contributed by atoms with van der Waals surface area (Å²) >= 11 is 0. The zero-order chi connectivity index (χ0) is 23.9. The van der Waals surface area contributed by atoms with Crippen LogP contribution in [0.25, 0.3) is 64.6 Å². The molecule has 0 amide bonds. The van der Waals surface area contributed by atoms with Crippen LogP contribution in [-0.2, 0) is 0 Å². The van der Waals surface area contributed by atoms with E-state index in [4.69, 9.17) is 0 Å². The maximum absolute atomic E-state index is 2.30.